The number of aryl methyl sites for hydroxylation is 1. The average molecular weight is 579 g/mol. The second kappa shape index (κ2) is 13.9. The van der Waals surface area contributed by atoms with Gasteiger partial charge in [-0.05, 0) is 37.0 Å². The number of aliphatic hydroxyl groups is 4. The molecule has 0 amide bonds. The van der Waals surface area contributed by atoms with Crippen molar-refractivity contribution in [2.24, 2.45) is 11.8 Å². The van der Waals surface area contributed by atoms with Gasteiger partial charge in [-0.15, -0.1) is 6.58 Å². The van der Waals surface area contributed by atoms with Gasteiger partial charge in [0.25, 0.3) is 0 Å². The van der Waals surface area contributed by atoms with Crippen LogP contribution in [-0.4, -0.2) is 100 Å². The molecule has 0 aromatic heterocycles. The lowest BCUT2D eigenvalue weighted by Crippen LogP contribution is -2.60. The van der Waals surface area contributed by atoms with Gasteiger partial charge in [-0.3, -0.25) is 4.79 Å². The molecule has 5 N–H and O–H groups in total. The number of benzene rings is 1. The molecule has 12 nitrogen and oxygen atoms in total. The van der Waals surface area contributed by atoms with Crippen molar-refractivity contribution in [2.75, 3.05) is 13.7 Å². The second-order valence-corrected chi connectivity index (χ2v) is 10.6. The number of rotatable bonds is 10. The molecular formula is C29H38O12. The van der Waals surface area contributed by atoms with Gasteiger partial charge in [0.1, 0.15) is 35.9 Å². The monoisotopic (exact) mass is 578 g/mol. The fourth-order valence-corrected chi connectivity index (χ4v) is 5.57. The molecule has 12 heteroatoms. The zero-order valence-electron chi connectivity index (χ0n) is 22.8. The van der Waals surface area contributed by atoms with E-state index in [2.05, 4.69) is 6.58 Å². The van der Waals surface area contributed by atoms with E-state index in [0.29, 0.717) is 12.8 Å². The normalized spacial score (nSPS) is 35.7. The van der Waals surface area contributed by atoms with Gasteiger partial charge in [0.05, 0.1) is 37.8 Å². The topological polar surface area (TPSA) is 181 Å². The summed E-state index contributed by atoms with van der Waals surface area (Å²) in [5, 5.41) is 49.7. The number of hydrogen-bond acceptors (Lipinski definition) is 12. The molecule has 41 heavy (non-hydrogen) atoms. The largest absolute Gasteiger partial charge is 0.508 e. The first-order valence-corrected chi connectivity index (χ1v) is 13.6. The van der Waals surface area contributed by atoms with E-state index >= 15 is 0 Å². The summed E-state index contributed by atoms with van der Waals surface area (Å²) in [6.07, 6.45) is -4.88. The fraction of sp³-hybridized carbons (Fsp3) is 0.586. The van der Waals surface area contributed by atoms with Crippen molar-refractivity contribution in [3.63, 3.8) is 0 Å². The lowest BCUT2D eigenvalue weighted by molar-refractivity contribution is -0.339. The molecule has 0 radical (unpaired) electrons. The quantitative estimate of drug-likeness (QED) is 0.192. The Hall–Kier alpha value is -2.84. The van der Waals surface area contributed by atoms with Crippen molar-refractivity contribution >= 4 is 11.8 Å². The molecule has 0 unspecified atom stereocenters. The summed E-state index contributed by atoms with van der Waals surface area (Å²) in [4.78, 5) is 25.4. The first-order valence-electron chi connectivity index (χ1n) is 13.6. The summed E-state index contributed by atoms with van der Waals surface area (Å²) in [5.41, 5.74) is 1.19. The van der Waals surface area contributed by atoms with E-state index < -0.39 is 67.5 Å². The summed E-state index contributed by atoms with van der Waals surface area (Å²) in [6, 6.07) is 6.85. The van der Waals surface area contributed by atoms with Crippen molar-refractivity contribution in [3.05, 3.63) is 54.3 Å². The van der Waals surface area contributed by atoms with Gasteiger partial charge in [-0.2, -0.15) is 0 Å². The molecule has 10 atom stereocenters. The first kappa shape index (κ1) is 31.1. The van der Waals surface area contributed by atoms with Crippen LogP contribution in [0.3, 0.4) is 0 Å². The summed E-state index contributed by atoms with van der Waals surface area (Å²) in [5.74, 6) is -1.74. The van der Waals surface area contributed by atoms with Crippen LogP contribution in [0.15, 0.2) is 48.8 Å². The molecule has 0 bridgehead atoms. The minimum Gasteiger partial charge on any atom is -0.508 e. The van der Waals surface area contributed by atoms with Crippen molar-refractivity contribution in [1.29, 1.82) is 0 Å². The second-order valence-electron chi connectivity index (χ2n) is 10.6. The third-order valence-electron chi connectivity index (χ3n) is 7.82. The number of hydrogen-bond donors (Lipinski definition) is 5. The number of phenols is 1. The van der Waals surface area contributed by atoms with Crippen LogP contribution in [0, 0.1) is 11.8 Å². The predicted octanol–water partition coefficient (Wildman–Crippen LogP) is 0.480. The van der Waals surface area contributed by atoms with E-state index in [1.807, 2.05) is 12.1 Å². The van der Waals surface area contributed by atoms with Crippen molar-refractivity contribution < 1.29 is 58.8 Å². The number of carbonyl (C=O) groups excluding carboxylic acids is 2. The minimum atomic E-state index is -1.65. The van der Waals surface area contributed by atoms with Crippen LogP contribution < -0.4 is 0 Å². The minimum absolute atomic E-state index is 0.0388. The number of ketones is 1. The van der Waals surface area contributed by atoms with E-state index in [4.69, 9.17) is 23.7 Å². The zero-order chi connectivity index (χ0) is 29.7. The fourth-order valence-electron chi connectivity index (χ4n) is 5.57. The van der Waals surface area contributed by atoms with Crippen LogP contribution in [0.1, 0.15) is 31.2 Å². The molecule has 2 fully saturated rings. The highest BCUT2D eigenvalue weighted by Gasteiger charge is 2.48. The highest BCUT2D eigenvalue weighted by Crippen LogP contribution is 2.39. The number of aliphatic hydroxyl groups excluding tert-OH is 4. The highest BCUT2D eigenvalue weighted by molar-refractivity contribution is 5.89. The maximum atomic E-state index is 12.7. The molecule has 3 aliphatic rings. The smallest absolute Gasteiger partial charge is 0.337 e. The molecule has 2 saturated heterocycles. The Labute approximate surface area is 237 Å². The third kappa shape index (κ3) is 7.33. The van der Waals surface area contributed by atoms with Gasteiger partial charge in [0.2, 0.25) is 6.29 Å². The molecule has 0 aliphatic carbocycles. The Morgan fingerprint density at radius 1 is 1.05 bits per heavy atom. The van der Waals surface area contributed by atoms with Gasteiger partial charge >= 0.3 is 5.97 Å². The van der Waals surface area contributed by atoms with Gasteiger partial charge in [0.15, 0.2) is 6.29 Å². The molecule has 3 heterocycles. The van der Waals surface area contributed by atoms with Gasteiger partial charge < -0.3 is 49.2 Å². The number of Topliss-reactive ketones (excluding diaryl/α,β-unsaturated/α-hetero) is 1. The Bertz CT molecular complexity index is 1090. The Kier molecular flexibility index (Phi) is 10.5. The average Bonchev–Trinajstić information content (AvgIpc) is 2.96. The Morgan fingerprint density at radius 2 is 1.76 bits per heavy atom. The molecule has 1 aromatic rings. The Balaban J connectivity index is 1.48. The van der Waals surface area contributed by atoms with Crippen LogP contribution >= 0.6 is 0 Å². The first-order chi connectivity index (χ1) is 19.6. The van der Waals surface area contributed by atoms with Gasteiger partial charge in [-0.25, -0.2) is 4.79 Å². The number of carbonyl (C=O) groups is 2. The summed E-state index contributed by atoms with van der Waals surface area (Å²) in [6.45, 7) is 3.24. The van der Waals surface area contributed by atoms with E-state index in [1.165, 1.54) is 19.4 Å². The van der Waals surface area contributed by atoms with Crippen LogP contribution in [0.25, 0.3) is 0 Å². The van der Waals surface area contributed by atoms with Crippen LogP contribution in [0.4, 0.5) is 0 Å². The summed E-state index contributed by atoms with van der Waals surface area (Å²) < 4.78 is 28.2. The number of ether oxygens (including phenoxy) is 5. The maximum absolute atomic E-state index is 12.7. The van der Waals surface area contributed by atoms with Crippen molar-refractivity contribution in [2.45, 2.75) is 81.3 Å². The predicted molar refractivity (Wildman–Crippen MR) is 141 cm³/mol. The standard InChI is InChI=1S/C29H38O12/c1-3-20-21(12-19-11-17(32)10-18(39-19)9-6-15-4-7-16(31)8-5-15)22(27(36)37-2)14-38-28(20)41-29-26(35)25(34)24(33)23(13-30)40-29/h3-5,7-8,14,18-21,23-26,28-31,33-35H,1,6,9-13H2,2H3/t18-,19+,20+,21-,23+,24+,25-,26+,28-,29-/m0/s1. The SMILES string of the molecule is C=C[C@H]1[C@H](O[C@@H]2O[C@H](CO)[C@@H](O)[C@H](O)[C@H]2O)OC=C(C(=O)OC)[C@H]1C[C@H]1CC(=O)C[C@H](CCc2ccc(O)cc2)O1. The lowest BCUT2D eigenvalue weighted by atomic mass is 9.78. The van der Waals surface area contributed by atoms with Crippen LogP contribution in [0.2, 0.25) is 0 Å². The number of esters is 1. The van der Waals surface area contributed by atoms with Gasteiger partial charge in [-0.1, -0.05) is 18.2 Å². The molecular weight excluding hydrogens is 540 g/mol. The number of aromatic hydroxyl groups is 1. The van der Waals surface area contributed by atoms with Gasteiger partial charge in [0, 0.05) is 24.7 Å². The highest BCUT2D eigenvalue weighted by atomic mass is 16.8. The molecule has 3 aliphatic heterocycles. The van der Waals surface area contributed by atoms with E-state index in [1.54, 1.807) is 12.1 Å². The number of phenolic OH excluding ortho intramolecular Hbond substituents is 1. The summed E-state index contributed by atoms with van der Waals surface area (Å²) >= 11 is 0. The lowest BCUT2D eigenvalue weighted by Gasteiger charge is -2.43. The van der Waals surface area contributed by atoms with Crippen molar-refractivity contribution in [1.82, 2.24) is 0 Å². The molecule has 4 rings (SSSR count). The molecule has 226 valence electrons. The zero-order valence-corrected chi connectivity index (χ0v) is 22.8. The maximum Gasteiger partial charge on any atom is 0.337 e. The van der Waals surface area contributed by atoms with E-state index in [0.717, 1.165) is 5.56 Å². The molecule has 0 saturated carbocycles. The summed E-state index contributed by atoms with van der Waals surface area (Å²) in [7, 11) is 1.24. The molecule has 0 spiro atoms. The number of methoxy groups -OCH3 is 1. The van der Waals surface area contributed by atoms with E-state index in [-0.39, 0.29) is 42.5 Å². The van der Waals surface area contributed by atoms with E-state index in [9.17, 15) is 35.1 Å². The van der Waals surface area contributed by atoms with Crippen LogP contribution in [-0.2, 0) is 39.7 Å². The Morgan fingerprint density at radius 3 is 2.41 bits per heavy atom. The molecule has 1 aromatic carbocycles. The van der Waals surface area contributed by atoms with Crippen molar-refractivity contribution in [3.8, 4) is 5.75 Å². The van der Waals surface area contributed by atoms with Crippen LogP contribution in [0.5, 0.6) is 5.75 Å². The third-order valence-corrected chi connectivity index (χ3v) is 7.82.